The normalized spacial score (nSPS) is 14.1. The van der Waals surface area contributed by atoms with E-state index >= 15 is 0 Å². The number of carbonyl (C=O) groups is 2. The van der Waals surface area contributed by atoms with Gasteiger partial charge in [-0.2, -0.15) is 0 Å². The molecule has 88 valence electrons. The van der Waals surface area contributed by atoms with Crippen molar-refractivity contribution in [2.75, 3.05) is 13.7 Å². The molecule has 0 aromatic carbocycles. The lowest BCUT2D eigenvalue weighted by molar-refractivity contribution is -0.150. The van der Waals surface area contributed by atoms with Gasteiger partial charge in [0.25, 0.3) is 0 Å². The van der Waals surface area contributed by atoms with E-state index in [-0.39, 0.29) is 12.5 Å². The molecule has 4 N–H and O–H groups in total. The maximum absolute atomic E-state index is 11.2. The predicted octanol–water partition coefficient (Wildman–Crippen LogP) is -1.24. The Balaban J connectivity index is 3.84. The minimum atomic E-state index is -1.34. The highest BCUT2D eigenvalue weighted by Crippen LogP contribution is 1.93. The molecule has 0 aliphatic carbocycles. The second kappa shape index (κ2) is 7.19. The molecule has 15 heavy (non-hydrogen) atoms. The van der Waals surface area contributed by atoms with E-state index in [0.717, 1.165) is 13.5 Å². The van der Waals surface area contributed by atoms with Crippen molar-refractivity contribution in [3.8, 4) is 0 Å². The molecular weight excluding hydrogens is 200 g/mol. The van der Waals surface area contributed by atoms with Gasteiger partial charge in [-0.25, -0.2) is 4.79 Å². The zero-order valence-corrected chi connectivity index (χ0v) is 9.03. The van der Waals surface area contributed by atoms with Crippen molar-refractivity contribution in [3.05, 3.63) is 0 Å². The third-order valence-electron chi connectivity index (χ3n) is 1.88. The number of carbonyl (C=O) groups excluding carboxylic acids is 2. The Morgan fingerprint density at radius 2 is 2.13 bits per heavy atom. The van der Waals surface area contributed by atoms with E-state index in [1.165, 1.54) is 0 Å². The molecular formula is C9H18N2O4. The summed E-state index contributed by atoms with van der Waals surface area (Å²) in [5.41, 5.74) is 5.51. The summed E-state index contributed by atoms with van der Waals surface area (Å²) in [6, 6.07) is -0.597. The Labute approximate surface area is 88.8 Å². The van der Waals surface area contributed by atoms with Crippen LogP contribution in [0.15, 0.2) is 0 Å². The van der Waals surface area contributed by atoms with Gasteiger partial charge in [-0.1, -0.05) is 13.3 Å². The highest BCUT2D eigenvalue weighted by Gasteiger charge is 2.18. The number of hydrogen-bond acceptors (Lipinski definition) is 5. The van der Waals surface area contributed by atoms with E-state index in [1.807, 2.05) is 6.92 Å². The number of methoxy groups -OCH3 is 1. The molecule has 0 saturated heterocycles. The fourth-order valence-corrected chi connectivity index (χ4v) is 0.990. The van der Waals surface area contributed by atoms with Crippen molar-refractivity contribution in [2.45, 2.75) is 31.9 Å². The molecule has 0 aliphatic rings. The van der Waals surface area contributed by atoms with E-state index in [9.17, 15) is 9.59 Å². The second-order valence-corrected chi connectivity index (χ2v) is 3.18. The molecule has 6 nitrogen and oxygen atoms in total. The quantitative estimate of drug-likeness (QED) is 0.484. The summed E-state index contributed by atoms with van der Waals surface area (Å²) in [7, 11) is 1.16. The Kier molecular flexibility index (Phi) is 6.64. The van der Waals surface area contributed by atoms with Gasteiger partial charge in [0.2, 0.25) is 5.91 Å². The van der Waals surface area contributed by atoms with Gasteiger partial charge in [0.05, 0.1) is 19.7 Å². The Morgan fingerprint density at radius 1 is 1.53 bits per heavy atom. The minimum Gasteiger partial charge on any atom is -0.467 e. The van der Waals surface area contributed by atoms with Crippen LogP contribution in [-0.4, -0.2) is 42.8 Å². The summed E-state index contributed by atoms with van der Waals surface area (Å²) >= 11 is 0. The van der Waals surface area contributed by atoms with Crippen LogP contribution in [-0.2, 0) is 14.3 Å². The molecule has 0 aromatic rings. The van der Waals surface area contributed by atoms with Crippen LogP contribution in [0.1, 0.15) is 19.8 Å². The highest BCUT2D eigenvalue weighted by atomic mass is 16.5. The first-order valence-corrected chi connectivity index (χ1v) is 4.82. The van der Waals surface area contributed by atoms with Crippen LogP contribution in [0, 0.1) is 0 Å². The predicted molar refractivity (Wildman–Crippen MR) is 53.9 cm³/mol. The largest absolute Gasteiger partial charge is 0.467 e. The van der Waals surface area contributed by atoms with Gasteiger partial charge in [0, 0.05) is 0 Å². The van der Waals surface area contributed by atoms with E-state index in [4.69, 9.17) is 10.8 Å². The molecule has 0 fully saturated rings. The standard InChI is InChI=1S/C9H18N2O4/c1-3-4-6(10)8(13)11-5-7(12)9(14)15-2/h6-7,12H,3-5,10H2,1-2H3,(H,11,13)/t6-,7?/m0/s1. The van der Waals surface area contributed by atoms with Gasteiger partial charge in [-0.05, 0) is 6.42 Å². The molecule has 0 aliphatic heterocycles. The van der Waals surface area contributed by atoms with Gasteiger partial charge in [-0.15, -0.1) is 0 Å². The fourth-order valence-electron chi connectivity index (χ4n) is 0.990. The first kappa shape index (κ1) is 13.9. The third-order valence-corrected chi connectivity index (χ3v) is 1.88. The van der Waals surface area contributed by atoms with Crippen molar-refractivity contribution < 1.29 is 19.4 Å². The Morgan fingerprint density at radius 3 is 2.60 bits per heavy atom. The number of esters is 1. The second-order valence-electron chi connectivity index (χ2n) is 3.18. The molecule has 6 heteroatoms. The number of hydrogen-bond donors (Lipinski definition) is 3. The summed E-state index contributed by atoms with van der Waals surface area (Å²) in [5, 5.41) is 11.5. The average molecular weight is 218 g/mol. The molecule has 0 spiro atoms. The van der Waals surface area contributed by atoms with Crippen LogP contribution in [0.25, 0.3) is 0 Å². The third kappa shape index (κ3) is 5.34. The van der Waals surface area contributed by atoms with Crippen molar-refractivity contribution in [1.82, 2.24) is 5.32 Å². The van der Waals surface area contributed by atoms with Crippen LogP contribution in [0.2, 0.25) is 0 Å². The molecule has 0 radical (unpaired) electrons. The van der Waals surface area contributed by atoms with Crippen molar-refractivity contribution >= 4 is 11.9 Å². The lowest BCUT2D eigenvalue weighted by atomic mass is 10.1. The zero-order chi connectivity index (χ0) is 11.8. The molecule has 1 amide bonds. The van der Waals surface area contributed by atoms with Crippen LogP contribution in [0.5, 0.6) is 0 Å². The van der Waals surface area contributed by atoms with E-state index in [2.05, 4.69) is 10.1 Å². The summed E-state index contributed by atoms with van der Waals surface area (Å²) in [6.07, 6.45) is 0.0293. The number of aliphatic hydroxyl groups is 1. The SMILES string of the molecule is CCC[C@H](N)C(=O)NCC(O)C(=O)OC. The molecule has 0 saturated carbocycles. The first-order valence-electron chi connectivity index (χ1n) is 4.82. The average Bonchev–Trinajstić information content (AvgIpc) is 2.24. The van der Waals surface area contributed by atoms with E-state index < -0.39 is 18.1 Å². The fraction of sp³-hybridized carbons (Fsp3) is 0.778. The maximum atomic E-state index is 11.2. The van der Waals surface area contributed by atoms with Crippen LogP contribution in [0.3, 0.4) is 0 Å². The molecule has 0 rings (SSSR count). The van der Waals surface area contributed by atoms with E-state index in [1.54, 1.807) is 0 Å². The van der Waals surface area contributed by atoms with Crippen LogP contribution < -0.4 is 11.1 Å². The summed E-state index contributed by atoms with van der Waals surface area (Å²) in [5.74, 6) is -1.15. The molecule has 1 unspecified atom stereocenters. The molecule has 0 bridgehead atoms. The number of nitrogens with two attached hydrogens (primary N) is 1. The number of amides is 1. The number of nitrogens with one attached hydrogen (secondary N) is 1. The monoisotopic (exact) mass is 218 g/mol. The van der Waals surface area contributed by atoms with Crippen molar-refractivity contribution in [2.24, 2.45) is 5.73 Å². The van der Waals surface area contributed by atoms with Crippen LogP contribution in [0.4, 0.5) is 0 Å². The lowest BCUT2D eigenvalue weighted by Gasteiger charge is -2.13. The minimum absolute atomic E-state index is 0.178. The summed E-state index contributed by atoms with van der Waals surface area (Å²) in [4.78, 5) is 22.0. The molecule has 2 atom stereocenters. The Bertz CT molecular complexity index is 220. The van der Waals surface area contributed by atoms with Gasteiger partial charge < -0.3 is 20.9 Å². The summed E-state index contributed by atoms with van der Waals surface area (Å²) < 4.78 is 4.28. The maximum Gasteiger partial charge on any atom is 0.336 e. The van der Waals surface area contributed by atoms with Crippen LogP contribution >= 0.6 is 0 Å². The van der Waals surface area contributed by atoms with Crippen molar-refractivity contribution in [3.63, 3.8) is 0 Å². The molecule has 0 heterocycles. The first-order chi connectivity index (χ1) is 7.02. The number of ether oxygens (including phenoxy) is 1. The lowest BCUT2D eigenvalue weighted by Crippen LogP contribution is -2.45. The Hall–Kier alpha value is -1.14. The molecule has 0 aromatic heterocycles. The highest BCUT2D eigenvalue weighted by molar-refractivity contribution is 5.82. The smallest absolute Gasteiger partial charge is 0.336 e. The zero-order valence-electron chi connectivity index (χ0n) is 9.03. The van der Waals surface area contributed by atoms with Gasteiger partial charge in [-0.3, -0.25) is 4.79 Å². The van der Waals surface area contributed by atoms with Gasteiger partial charge in [0.15, 0.2) is 6.10 Å². The topological polar surface area (TPSA) is 102 Å². The number of rotatable bonds is 6. The van der Waals surface area contributed by atoms with E-state index in [0.29, 0.717) is 6.42 Å². The van der Waals surface area contributed by atoms with Gasteiger partial charge in [0.1, 0.15) is 0 Å². The number of aliphatic hydroxyl groups excluding tert-OH is 1. The summed E-state index contributed by atoms with van der Waals surface area (Å²) in [6.45, 7) is 1.74. The van der Waals surface area contributed by atoms with Crippen molar-refractivity contribution in [1.29, 1.82) is 0 Å². The van der Waals surface area contributed by atoms with Gasteiger partial charge >= 0.3 is 5.97 Å².